The fraction of sp³-hybridized carbons (Fsp3) is 0.400. The Balaban J connectivity index is 1.19. The lowest BCUT2D eigenvalue weighted by atomic mass is 10.1. The van der Waals surface area contributed by atoms with E-state index in [1.54, 1.807) is 30.3 Å². The number of benzene rings is 1. The third-order valence-corrected chi connectivity index (χ3v) is 6.23. The zero-order valence-electron chi connectivity index (χ0n) is 19.6. The first-order valence-electron chi connectivity index (χ1n) is 11.8. The Hall–Kier alpha value is -3.75. The van der Waals surface area contributed by atoms with Crippen LogP contribution in [-0.2, 0) is 0 Å². The zero-order valence-corrected chi connectivity index (χ0v) is 19.6. The Morgan fingerprint density at radius 3 is 2.06 bits per heavy atom. The topological polar surface area (TPSA) is 87.6 Å². The summed E-state index contributed by atoms with van der Waals surface area (Å²) in [5.74, 6) is 3.82. The molecule has 0 unspecified atom stereocenters. The molecule has 0 N–H and O–H groups in total. The number of piperazine rings is 1. The molecule has 0 bridgehead atoms. The van der Waals surface area contributed by atoms with Gasteiger partial charge in [-0.15, -0.1) is 5.10 Å². The van der Waals surface area contributed by atoms with Crippen LogP contribution in [-0.4, -0.2) is 70.2 Å². The Bertz CT molecular complexity index is 1140. The van der Waals surface area contributed by atoms with E-state index in [0.717, 1.165) is 49.3 Å². The Labute approximate surface area is 199 Å². The molecular weight excluding hydrogens is 430 g/mol. The fourth-order valence-corrected chi connectivity index (χ4v) is 4.36. The molecule has 0 aliphatic carbocycles. The molecule has 2 saturated heterocycles. The fourth-order valence-electron chi connectivity index (χ4n) is 4.36. The second-order valence-electron chi connectivity index (χ2n) is 8.74. The quantitative estimate of drug-likeness (QED) is 0.575. The van der Waals surface area contributed by atoms with Crippen molar-refractivity contribution < 1.29 is 9.53 Å². The Morgan fingerprint density at radius 2 is 1.44 bits per heavy atom. The van der Waals surface area contributed by atoms with Crippen LogP contribution in [0.25, 0.3) is 0 Å². The van der Waals surface area contributed by atoms with E-state index in [-0.39, 0.29) is 5.91 Å². The van der Waals surface area contributed by atoms with Gasteiger partial charge >= 0.3 is 0 Å². The molecule has 176 valence electrons. The predicted octanol–water partition coefficient (Wildman–Crippen LogP) is 3.24. The summed E-state index contributed by atoms with van der Waals surface area (Å²) in [5, 5.41) is 8.00. The van der Waals surface area contributed by atoms with Crippen LogP contribution in [0, 0.1) is 13.8 Å². The molecule has 2 aliphatic heterocycles. The third-order valence-electron chi connectivity index (χ3n) is 6.23. The first-order chi connectivity index (χ1) is 16.5. The molecule has 3 aromatic rings. The summed E-state index contributed by atoms with van der Waals surface area (Å²) < 4.78 is 5.71. The van der Waals surface area contributed by atoms with E-state index in [1.807, 2.05) is 24.8 Å². The SMILES string of the molecule is Cc1ccc(Oc2ccc(C(=O)N3CCN(c4cc(N5CCCC5)nc(C)n4)CC3)cc2)nn1. The van der Waals surface area contributed by atoms with Crippen molar-refractivity contribution in [3.05, 3.63) is 59.5 Å². The van der Waals surface area contributed by atoms with Crippen LogP contribution < -0.4 is 14.5 Å². The van der Waals surface area contributed by atoms with Gasteiger partial charge in [-0.1, -0.05) is 0 Å². The zero-order chi connectivity index (χ0) is 23.5. The molecule has 0 spiro atoms. The first kappa shape index (κ1) is 22.1. The van der Waals surface area contributed by atoms with Crippen molar-refractivity contribution in [1.29, 1.82) is 0 Å². The number of ether oxygens (including phenoxy) is 1. The van der Waals surface area contributed by atoms with Crippen molar-refractivity contribution in [2.24, 2.45) is 0 Å². The highest BCUT2D eigenvalue weighted by Gasteiger charge is 2.24. The van der Waals surface area contributed by atoms with E-state index in [1.165, 1.54) is 12.8 Å². The van der Waals surface area contributed by atoms with E-state index in [2.05, 4.69) is 36.0 Å². The number of rotatable bonds is 5. The number of carbonyl (C=O) groups excluding carboxylic acids is 1. The standard InChI is InChI=1S/C25H29N7O2/c1-18-5-10-24(29-28-18)34-21-8-6-20(7-9-21)25(33)32-15-13-31(14-16-32)23-17-22(26-19(2)27-23)30-11-3-4-12-30/h5-10,17H,3-4,11-16H2,1-2H3. The minimum absolute atomic E-state index is 0.0259. The third kappa shape index (κ3) is 4.93. The van der Waals surface area contributed by atoms with E-state index < -0.39 is 0 Å². The van der Waals surface area contributed by atoms with Gasteiger partial charge in [0.1, 0.15) is 23.2 Å². The number of hydrogen-bond donors (Lipinski definition) is 0. The van der Waals surface area contributed by atoms with Gasteiger partial charge in [0, 0.05) is 57.0 Å². The highest BCUT2D eigenvalue weighted by molar-refractivity contribution is 5.94. The molecule has 0 radical (unpaired) electrons. The molecule has 9 heteroatoms. The average Bonchev–Trinajstić information content (AvgIpc) is 3.41. The molecular formula is C25H29N7O2. The first-order valence-corrected chi connectivity index (χ1v) is 11.8. The smallest absolute Gasteiger partial charge is 0.253 e. The van der Waals surface area contributed by atoms with Gasteiger partial charge in [-0.05, 0) is 57.0 Å². The van der Waals surface area contributed by atoms with Gasteiger partial charge < -0.3 is 19.4 Å². The van der Waals surface area contributed by atoms with Gasteiger partial charge in [-0.3, -0.25) is 4.79 Å². The largest absolute Gasteiger partial charge is 0.438 e. The lowest BCUT2D eigenvalue weighted by Gasteiger charge is -2.35. The van der Waals surface area contributed by atoms with E-state index >= 15 is 0 Å². The molecule has 0 atom stereocenters. The van der Waals surface area contributed by atoms with Gasteiger partial charge in [0.25, 0.3) is 5.91 Å². The molecule has 2 aromatic heterocycles. The van der Waals surface area contributed by atoms with E-state index in [4.69, 9.17) is 4.74 Å². The number of anilines is 2. The molecule has 0 saturated carbocycles. The van der Waals surface area contributed by atoms with Crippen LogP contribution in [0.4, 0.5) is 11.6 Å². The number of aromatic nitrogens is 4. The highest BCUT2D eigenvalue weighted by atomic mass is 16.5. The molecule has 2 fully saturated rings. The summed E-state index contributed by atoms with van der Waals surface area (Å²) in [6, 6.07) is 12.9. The van der Waals surface area contributed by atoms with Crippen LogP contribution in [0.5, 0.6) is 11.6 Å². The monoisotopic (exact) mass is 459 g/mol. The second-order valence-corrected chi connectivity index (χ2v) is 8.74. The number of nitrogens with zero attached hydrogens (tertiary/aromatic N) is 7. The van der Waals surface area contributed by atoms with E-state index in [9.17, 15) is 4.79 Å². The molecule has 4 heterocycles. The maximum absolute atomic E-state index is 13.0. The van der Waals surface area contributed by atoms with Crippen molar-refractivity contribution in [2.75, 3.05) is 49.1 Å². The number of amides is 1. The number of aryl methyl sites for hydroxylation is 2. The Morgan fingerprint density at radius 1 is 0.794 bits per heavy atom. The van der Waals surface area contributed by atoms with Crippen LogP contribution in [0.15, 0.2) is 42.5 Å². The highest BCUT2D eigenvalue weighted by Crippen LogP contribution is 2.24. The van der Waals surface area contributed by atoms with Gasteiger partial charge in [0.05, 0.1) is 5.69 Å². The molecule has 1 aromatic carbocycles. The van der Waals surface area contributed by atoms with Crippen LogP contribution in [0.2, 0.25) is 0 Å². The minimum Gasteiger partial charge on any atom is -0.438 e. The molecule has 2 aliphatic rings. The Kier molecular flexibility index (Phi) is 6.24. The normalized spacial score (nSPS) is 16.1. The van der Waals surface area contributed by atoms with Crippen LogP contribution in [0.3, 0.4) is 0 Å². The summed E-state index contributed by atoms with van der Waals surface area (Å²) >= 11 is 0. The summed E-state index contributed by atoms with van der Waals surface area (Å²) in [5.41, 5.74) is 1.47. The van der Waals surface area contributed by atoms with Crippen molar-refractivity contribution in [1.82, 2.24) is 25.1 Å². The van der Waals surface area contributed by atoms with Crippen molar-refractivity contribution in [3.8, 4) is 11.6 Å². The van der Waals surface area contributed by atoms with Crippen LogP contribution in [0.1, 0.15) is 34.7 Å². The van der Waals surface area contributed by atoms with Gasteiger partial charge in [0.15, 0.2) is 0 Å². The van der Waals surface area contributed by atoms with Crippen molar-refractivity contribution in [3.63, 3.8) is 0 Å². The molecule has 5 rings (SSSR count). The van der Waals surface area contributed by atoms with Gasteiger partial charge in [-0.25, -0.2) is 9.97 Å². The maximum atomic E-state index is 13.0. The summed E-state index contributed by atoms with van der Waals surface area (Å²) in [4.78, 5) is 28.8. The lowest BCUT2D eigenvalue weighted by Crippen LogP contribution is -2.49. The second kappa shape index (κ2) is 9.62. The van der Waals surface area contributed by atoms with Crippen LogP contribution >= 0.6 is 0 Å². The van der Waals surface area contributed by atoms with Gasteiger partial charge in [-0.2, -0.15) is 5.10 Å². The summed E-state index contributed by atoms with van der Waals surface area (Å²) in [6.45, 7) is 8.72. The summed E-state index contributed by atoms with van der Waals surface area (Å²) in [7, 11) is 0. The van der Waals surface area contributed by atoms with Crippen molar-refractivity contribution >= 4 is 17.5 Å². The molecule has 34 heavy (non-hydrogen) atoms. The molecule has 9 nitrogen and oxygen atoms in total. The minimum atomic E-state index is 0.0259. The van der Waals surface area contributed by atoms with Crippen molar-refractivity contribution in [2.45, 2.75) is 26.7 Å². The summed E-state index contributed by atoms with van der Waals surface area (Å²) in [6.07, 6.45) is 2.43. The number of carbonyl (C=O) groups is 1. The van der Waals surface area contributed by atoms with Gasteiger partial charge in [0.2, 0.25) is 5.88 Å². The maximum Gasteiger partial charge on any atom is 0.253 e. The predicted molar refractivity (Wildman–Crippen MR) is 130 cm³/mol. The average molecular weight is 460 g/mol. The molecule has 1 amide bonds. The number of hydrogen-bond acceptors (Lipinski definition) is 8. The lowest BCUT2D eigenvalue weighted by molar-refractivity contribution is 0.0746. The van der Waals surface area contributed by atoms with E-state index in [0.29, 0.717) is 30.3 Å².